The highest BCUT2D eigenvalue weighted by molar-refractivity contribution is 7.17. The Morgan fingerprint density at radius 1 is 1.28 bits per heavy atom. The number of fused-ring (bicyclic) bond motifs is 1. The number of nitrogens with one attached hydrogen (secondary N) is 1. The van der Waals surface area contributed by atoms with Crippen molar-refractivity contribution in [2.75, 3.05) is 5.73 Å². The maximum Gasteiger partial charge on any atom is 0.263 e. The molecule has 0 bridgehead atoms. The predicted octanol–water partition coefficient (Wildman–Crippen LogP) is 4.00. The van der Waals surface area contributed by atoms with E-state index in [9.17, 15) is 9.59 Å². The Morgan fingerprint density at radius 2 is 2.03 bits per heavy atom. The van der Waals surface area contributed by atoms with Gasteiger partial charge in [-0.15, -0.1) is 11.3 Å². The molecule has 7 nitrogen and oxygen atoms in total. The number of rotatable bonds is 5. The summed E-state index contributed by atoms with van der Waals surface area (Å²) in [5.74, 6) is 0.478. The Hall–Kier alpha value is -3.23. The van der Waals surface area contributed by atoms with E-state index in [2.05, 4.69) is 15.3 Å². The number of nitrogen functional groups attached to an aromatic ring is 1. The van der Waals surface area contributed by atoms with Crippen molar-refractivity contribution in [2.24, 2.45) is 0 Å². The fraction of sp³-hybridized carbons (Fsp3) is 0.217. The third kappa shape index (κ3) is 3.99. The maximum absolute atomic E-state index is 13.2. The van der Waals surface area contributed by atoms with Gasteiger partial charge in [-0.25, -0.2) is 9.97 Å². The van der Waals surface area contributed by atoms with Crippen molar-refractivity contribution in [3.8, 4) is 10.6 Å². The van der Waals surface area contributed by atoms with E-state index < -0.39 is 0 Å². The number of hydrogen-bond acceptors (Lipinski definition) is 6. The van der Waals surface area contributed by atoms with Gasteiger partial charge in [-0.05, 0) is 49.6 Å². The van der Waals surface area contributed by atoms with Gasteiger partial charge in [-0.3, -0.25) is 14.2 Å². The lowest BCUT2D eigenvalue weighted by Gasteiger charge is -2.12. The highest BCUT2D eigenvalue weighted by Crippen LogP contribution is 2.32. The Bertz CT molecular complexity index is 1410. The van der Waals surface area contributed by atoms with Crippen molar-refractivity contribution >= 4 is 45.4 Å². The molecular weight excluding hydrogens is 446 g/mol. The van der Waals surface area contributed by atoms with Gasteiger partial charge in [0.15, 0.2) is 0 Å². The number of carbonyl (C=O) groups excluding carboxylic acids is 1. The van der Waals surface area contributed by atoms with Crippen LogP contribution in [0.1, 0.15) is 33.9 Å². The lowest BCUT2D eigenvalue weighted by Crippen LogP contribution is -2.24. The number of carbonyl (C=O) groups is 1. The molecular formula is C23H20ClN5O2S. The molecule has 2 aromatic carbocycles. The fourth-order valence-electron chi connectivity index (χ4n) is 3.53. The number of hydrogen-bond donors (Lipinski definition) is 2. The van der Waals surface area contributed by atoms with Crippen LogP contribution in [0.15, 0.2) is 47.4 Å². The number of halogens is 1. The number of thiazole rings is 1. The van der Waals surface area contributed by atoms with Crippen LogP contribution < -0.4 is 16.6 Å². The molecule has 0 atom stereocenters. The summed E-state index contributed by atoms with van der Waals surface area (Å²) in [7, 11) is 0. The van der Waals surface area contributed by atoms with Crippen LogP contribution in [0.4, 0.5) is 5.69 Å². The van der Waals surface area contributed by atoms with Crippen LogP contribution in [0.25, 0.3) is 21.5 Å². The van der Waals surface area contributed by atoms with Crippen LogP contribution in [-0.4, -0.2) is 26.5 Å². The van der Waals surface area contributed by atoms with E-state index >= 15 is 0 Å². The first-order valence-corrected chi connectivity index (χ1v) is 11.4. The first kappa shape index (κ1) is 20.7. The van der Waals surface area contributed by atoms with Gasteiger partial charge in [-0.1, -0.05) is 23.7 Å². The van der Waals surface area contributed by atoms with E-state index in [0.29, 0.717) is 49.4 Å². The second-order valence-electron chi connectivity index (χ2n) is 7.91. The summed E-state index contributed by atoms with van der Waals surface area (Å²) in [6.45, 7) is 2.19. The Morgan fingerprint density at radius 3 is 2.75 bits per heavy atom. The van der Waals surface area contributed by atoms with Gasteiger partial charge in [0, 0.05) is 22.3 Å². The number of amides is 1. The Kier molecular flexibility index (Phi) is 5.19. The molecule has 1 aliphatic carbocycles. The molecule has 4 aromatic rings. The zero-order chi connectivity index (χ0) is 22.4. The fourth-order valence-corrected chi connectivity index (χ4v) is 4.51. The summed E-state index contributed by atoms with van der Waals surface area (Å²) in [6, 6.07) is 11.0. The molecule has 1 aliphatic rings. The van der Waals surface area contributed by atoms with Gasteiger partial charge in [0.2, 0.25) is 0 Å². The average Bonchev–Trinajstić information content (AvgIpc) is 3.44. The summed E-state index contributed by atoms with van der Waals surface area (Å²) in [5, 5.41) is 4.66. The normalized spacial score (nSPS) is 13.4. The highest BCUT2D eigenvalue weighted by atomic mass is 35.5. The van der Waals surface area contributed by atoms with E-state index in [1.165, 1.54) is 11.3 Å². The summed E-state index contributed by atoms with van der Waals surface area (Å²) in [6.07, 6.45) is 3.61. The maximum atomic E-state index is 13.2. The van der Waals surface area contributed by atoms with Gasteiger partial charge in [0.1, 0.15) is 15.7 Å². The van der Waals surface area contributed by atoms with Crippen molar-refractivity contribution < 1.29 is 4.79 Å². The van der Waals surface area contributed by atoms with Gasteiger partial charge in [-0.2, -0.15) is 0 Å². The lowest BCUT2D eigenvalue weighted by atomic mass is 10.1. The van der Waals surface area contributed by atoms with Gasteiger partial charge < -0.3 is 11.1 Å². The number of nitrogens with zero attached hydrogens (tertiary/aromatic N) is 3. The van der Waals surface area contributed by atoms with Crippen molar-refractivity contribution in [1.82, 2.24) is 19.9 Å². The third-order valence-corrected chi connectivity index (χ3v) is 6.72. The van der Waals surface area contributed by atoms with Crippen LogP contribution in [0.5, 0.6) is 0 Å². The molecule has 32 heavy (non-hydrogen) atoms. The topological polar surface area (TPSA) is 103 Å². The first-order chi connectivity index (χ1) is 15.4. The Labute approximate surface area is 192 Å². The van der Waals surface area contributed by atoms with Crippen molar-refractivity contribution in [3.63, 3.8) is 0 Å². The van der Waals surface area contributed by atoms with Gasteiger partial charge >= 0.3 is 0 Å². The van der Waals surface area contributed by atoms with Gasteiger partial charge in [0.05, 0.1) is 23.6 Å². The lowest BCUT2D eigenvalue weighted by molar-refractivity contribution is 0.0955. The number of anilines is 1. The largest absolute Gasteiger partial charge is 0.398 e. The molecule has 2 heterocycles. The zero-order valence-corrected chi connectivity index (χ0v) is 18.8. The number of nitrogens with two attached hydrogens (primary N) is 1. The molecule has 1 saturated carbocycles. The van der Waals surface area contributed by atoms with E-state index in [4.69, 9.17) is 17.3 Å². The minimum absolute atomic E-state index is 0.116. The van der Waals surface area contributed by atoms with E-state index in [0.717, 1.165) is 18.4 Å². The monoisotopic (exact) mass is 465 g/mol. The molecule has 0 aliphatic heterocycles. The van der Waals surface area contributed by atoms with E-state index in [1.54, 1.807) is 42.0 Å². The Balaban J connectivity index is 1.51. The van der Waals surface area contributed by atoms with Crippen LogP contribution >= 0.6 is 22.9 Å². The van der Waals surface area contributed by atoms with E-state index in [-0.39, 0.29) is 17.5 Å². The number of aryl methyl sites for hydroxylation is 1. The minimum atomic E-state index is -0.163. The molecule has 2 aromatic heterocycles. The molecule has 1 fully saturated rings. The molecule has 162 valence electrons. The molecule has 0 unspecified atom stereocenters. The molecule has 0 spiro atoms. The van der Waals surface area contributed by atoms with Crippen molar-refractivity contribution in [1.29, 1.82) is 0 Å². The number of benzene rings is 2. The average molecular weight is 466 g/mol. The van der Waals surface area contributed by atoms with Crippen molar-refractivity contribution in [2.45, 2.75) is 32.4 Å². The molecule has 9 heteroatoms. The second-order valence-corrected chi connectivity index (χ2v) is 9.38. The first-order valence-electron chi connectivity index (χ1n) is 10.2. The standard InChI is InChI=1S/C23H20ClN5O2S/c1-12-27-19-9-16(22-26-10-20(32-22)21(30)28-15-6-7-15)18(25)8-17(19)23(31)29(12)11-13-2-4-14(24)5-3-13/h2-5,8-10,15H,6-7,11,25H2,1H3,(H,28,30). The van der Waals surface area contributed by atoms with Crippen LogP contribution in [-0.2, 0) is 6.54 Å². The van der Waals surface area contributed by atoms with Crippen LogP contribution in [0.2, 0.25) is 5.02 Å². The van der Waals surface area contributed by atoms with E-state index in [1.807, 2.05) is 12.1 Å². The van der Waals surface area contributed by atoms with Crippen LogP contribution in [0.3, 0.4) is 0 Å². The quantitative estimate of drug-likeness (QED) is 0.433. The predicted molar refractivity (Wildman–Crippen MR) is 127 cm³/mol. The summed E-state index contributed by atoms with van der Waals surface area (Å²) < 4.78 is 1.62. The minimum Gasteiger partial charge on any atom is -0.398 e. The van der Waals surface area contributed by atoms with Crippen molar-refractivity contribution in [3.05, 3.63) is 74.2 Å². The van der Waals surface area contributed by atoms with Crippen LogP contribution in [0, 0.1) is 6.92 Å². The summed E-state index contributed by atoms with van der Waals surface area (Å²) in [4.78, 5) is 35.1. The second kappa shape index (κ2) is 8.03. The summed E-state index contributed by atoms with van der Waals surface area (Å²) in [5.41, 5.74) is 8.71. The smallest absolute Gasteiger partial charge is 0.263 e. The van der Waals surface area contributed by atoms with Gasteiger partial charge in [0.25, 0.3) is 11.5 Å². The zero-order valence-electron chi connectivity index (χ0n) is 17.3. The molecule has 5 rings (SSSR count). The molecule has 1 amide bonds. The molecule has 3 N–H and O–H groups in total. The summed E-state index contributed by atoms with van der Waals surface area (Å²) >= 11 is 7.24. The highest BCUT2D eigenvalue weighted by Gasteiger charge is 2.25. The third-order valence-electron chi connectivity index (χ3n) is 5.44. The number of aromatic nitrogens is 3. The molecule has 0 radical (unpaired) electrons. The SMILES string of the molecule is Cc1nc2cc(-c3ncc(C(=O)NC4CC4)s3)c(N)cc2c(=O)n1Cc1ccc(Cl)cc1. The molecule has 0 saturated heterocycles.